The summed E-state index contributed by atoms with van der Waals surface area (Å²) in [4.78, 5) is 0. The molecule has 0 radical (unpaired) electrons. The van der Waals surface area contributed by atoms with Gasteiger partial charge in [0.05, 0.1) is 0 Å². The Bertz CT molecular complexity index is 208. The van der Waals surface area contributed by atoms with Gasteiger partial charge in [-0.05, 0) is 44.9 Å². The van der Waals surface area contributed by atoms with E-state index in [2.05, 4.69) is 19.1 Å². The van der Waals surface area contributed by atoms with Gasteiger partial charge in [0.25, 0.3) is 0 Å². The van der Waals surface area contributed by atoms with Crippen LogP contribution in [0.2, 0.25) is 0 Å². The molecule has 0 unspecified atom stereocenters. The van der Waals surface area contributed by atoms with Gasteiger partial charge in [-0.3, -0.25) is 0 Å². The topological polar surface area (TPSA) is 0 Å². The lowest BCUT2D eigenvalue weighted by molar-refractivity contribution is 0.639. The molecule has 2 aliphatic carbocycles. The Morgan fingerprint density at radius 1 is 1.08 bits per heavy atom. The maximum Gasteiger partial charge on any atom is 0.000428 e. The standard InChI is InChI=1S/C13H20/c1-2-13(11-7-3-4-8-11)12-9-5-6-10-12/h7,9,13H,2-6,8,10H2,1H3. The largest absolute Gasteiger partial charge is 0.0847 e. The Morgan fingerprint density at radius 3 is 1.92 bits per heavy atom. The van der Waals surface area contributed by atoms with Gasteiger partial charge in [0.1, 0.15) is 0 Å². The minimum Gasteiger partial charge on any atom is -0.0847 e. The molecule has 0 aromatic rings. The molecular weight excluding hydrogens is 156 g/mol. The molecular formula is C13H20. The second-order valence-corrected chi connectivity index (χ2v) is 4.30. The molecule has 0 heteroatoms. The highest BCUT2D eigenvalue weighted by atomic mass is 14.3. The van der Waals surface area contributed by atoms with E-state index in [1.165, 1.54) is 44.9 Å². The monoisotopic (exact) mass is 176 g/mol. The van der Waals surface area contributed by atoms with E-state index >= 15 is 0 Å². The summed E-state index contributed by atoms with van der Waals surface area (Å²) in [5, 5.41) is 0. The van der Waals surface area contributed by atoms with Crippen molar-refractivity contribution in [2.75, 3.05) is 0 Å². The average molecular weight is 176 g/mol. The molecule has 0 spiro atoms. The van der Waals surface area contributed by atoms with Gasteiger partial charge < -0.3 is 0 Å². The van der Waals surface area contributed by atoms with Crippen LogP contribution < -0.4 is 0 Å². The first kappa shape index (κ1) is 9.05. The van der Waals surface area contributed by atoms with Gasteiger partial charge in [-0.2, -0.15) is 0 Å². The third-order valence-electron chi connectivity index (χ3n) is 3.46. The van der Waals surface area contributed by atoms with Crippen LogP contribution in [0.3, 0.4) is 0 Å². The van der Waals surface area contributed by atoms with Crippen molar-refractivity contribution in [2.45, 2.75) is 51.9 Å². The van der Waals surface area contributed by atoms with Crippen LogP contribution in [0.5, 0.6) is 0 Å². The minimum atomic E-state index is 0.824. The Morgan fingerprint density at radius 2 is 1.62 bits per heavy atom. The van der Waals surface area contributed by atoms with Crippen LogP contribution in [0.15, 0.2) is 23.3 Å². The number of allylic oxidation sites excluding steroid dienone is 4. The fourth-order valence-electron chi connectivity index (χ4n) is 2.79. The molecule has 0 atom stereocenters. The highest BCUT2D eigenvalue weighted by Crippen LogP contribution is 2.36. The molecule has 0 bridgehead atoms. The number of hydrogen-bond donors (Lipinski definition) is 0. The molecule has 2 aliphatic rings. The van der Waals surface area contributed by atoms with Crippen LogP contribution in [0.25, 0.3) is 0 Å². The van der Waals surface area contributed by atoms with Crippen LogP contribution >= 0.6 is 0 Å². The van der Waals surface area contributed by atoms with Crippen LogP contribution in [-0.4, -0.2) is 0 Å². The van der Waals surface area contributed by atoms with Crippen molar-refractivity contribution >= 4 is 0 Å². The Balaban J connectivity index is 2.07. The summed E-state index contributed by atoms with van der Waals surface area (Å²) >= 11 is 0. The van der Waals surface area contributed by atoms with E-state index in [4.69, 9.17) is 0 Å². The van der Waals surface area contributed by atoms with Gasteiger partial charge >= 0.3 is 0 Å². The zero-order valence-electron chi connectivity index (χ0n) is 8.68. The first-order chi connectivity index (χ1) is 6.42. The predicted molar refractivity (Wildman–Crippen MR) is 57.6 cm³/mol. The van der Waals surface area contributed by atoms with Crippen molar-refractivity contribution in [3.8, 4) is 0 Å². The van der Waals surface area contributed by atoms with Crippen LogP contribution in [0.1, 0.15) is 51.9 Å². The lowest BCUT2D eigenvalue weighted by Gasteiger charge is -2.18. The minimum absolute atomic E-state index is 0.824. The summed E-state index contributed by atoms with van der Waals surface area (Å²) in [5.74, 6) is 0.824. The third-order valence-corrected chi connectivity index (χ3v) is 3.46. The smallest absolute Gasteiger partial charge is 0.000428 e. The van der Waals surface area contributed by atoms with E-state index in [0.717, 1.165) is 5.92 Å². The highest BCUT2D eigenvalue weighted by molar-refractivity contribution is 5.25. The molecule has 0 aromatic carbocycles. The molecule has 0 aromatic heterocycles. The van der Waals surface area contributed by atoms with Crippen molar-refractivity contribution in [1.82, 2.24) is 0 Å². The van der Waals surface area contributed by atoms with Crippen molar-refractivity contribution in [3.05, 3.63) is 23.3 Å². The second kappa shape index (κ2) is 4.13. The van der Waals surface area contributed by atoms with Crippen LogP contribution in [0, 0.1) is 5.92 Å². The van der Waals surface area contributed by atoms with Crippen molar-refractivity contribution in [1.29, 1.82) is 0 Å². The first-order valence-corrected chi connectivity index (χ1v) is 5.79. The molecule has 0 N–H and O–H groups in total. The summed E-state index contributed by atoms with van der Waals surface area (Å²) in [6.45, 7) is 2.34. The van der Waals surface area contributed by atoms with Crippen LogP contribution in [0.4, 0.5) is 0 Å². The summed E-state index contributed by atoms with van der Waals surface area (Å²) < 4.78 is 0. The zero-order chi connectivity index (χ0) is 9.10. The normalized spacial score (nSPS) is 22.3. The van der Waals surface area contributed by atoms with Gasteiger partial charge in [0, 0.05) is 5.92 Å². The lowest BCUT2D eigenvalue weighted by Crippen LogP contribution is -2.03. The Hall–Kier alpha value is -0.520. The van der Waals surface area contributed by atoms with Crippen molar-refractivity contribution in [2.24, 2.45) is 5.92 Å². The summed E-state index contributed by atoms with van der Waals surface area (Å²) in [6, 6.07) is 0. The second-order valence-electron chi connectivity index (χ2n) is 4.30. The van der Waals surface area contributed by atoms with E-state index in [-0.39, 0.29) is 0 Å². The zero-order valence-corrected chi connectivity index (χ0v) is 8.68. The molecule has 0 fully saturated rings. The molecule has 2 rings (SSSR count). The van der Waals surface area contributed by atoms with E-state index in [0.29, 0.717) is 0 Å². The Kier molecular flexibility index (Phi) is 2.87. The van der Waals surface area contributed by atoms with Gasteiger partial charge in [-0.1, -0.05) is 30.2 Å². The van der Waals surface area contributed by atoms with Crippen molar-refractivity contribution < 1.29 is 0 Å². The maximum absolute atomic E-state index is 2.49. The molecule has 13 heavy (non-hydrogen) atoms. The van der Waals surface area contributed by atoms with Gasteiger partial charge in [-0.25, -0.2) is 0 Å². The fourth-order valence-corrected chi connectivity index (χ4v) is 2.79. The summed E-state index contributed by atoms with van der Waals surface area (Å²) in [5.41, 5.74) is 3.49. The van der Waals surface area contributed by atoms with E-state index in [1.807, 2.05) is 0 Å². The number of hydrogen-bond acceptors (Lipinski definition) is 0. The van der Waals surface area contributed by atoms with E-state index in [9.17, 15) is 0 Å². The van der Waals surface area contributed by atoms with Crippen LogP contribution in [-0.2, 0) is 0 Å². The quantitative estimate of drug-likeness (QED) is 0.564. The predicted octanol–water partition coefficient (Wildman–Crippen LogP) is 4.23. The maximum atomic E-state index is 2.49. The third kappa shape index (κ3) is 1.87. The average Bonchev–Trinajstić information content (AvgIpc) is 2.76. The van der Waals surface area contributed by atoms with E-state index in [1.54, 1.807) is 11.1 Å². The molecule has 0 aliphatic heterocycles. The molecule has 0 saturated heterocycles. The summed E-state index contributed by atoms with van der Waals surface area (Å²) in [7, 11) is 0. The molecule has 0 amide bonds. The fraction of sp³-hybridized carbons (Fsp3) is 0.692. The summed E-state index contributed by atoms with van der Waals surface area (Å²) in [6.07, 6.45) is 14.5. The van der Waals surface area contributed by atoms with E-state index < -0.39 is 0 Å². The molecule has 72 valence electrons. The Labute approximate surface area is 81.7 Å². The van der Waals surface area contributed by atoms with Gasteiger partial charge in [0.2, 0.25) is 0 Å². The number of rotatable bonds is 3. The molecule has 0 saturated carbocycles. The molecule has 0 nitrogen and oxygen atoms in total. The SMILES string of the molecule is CCC(C1=CCCC1)C1=CCCC1. The first-order valence-electron chi connectivity index (χ1n) is 5.79. The highest BCUT2D eigenvalue weighted by Gasteiger charge is 2.20. The van der Waals surface area contributed by atoms with Gasteiger partial charge in [-0.15, -0.1) is 0 Å². The van der Waals surface area contributed by atoms with Crippen molar-refractivity contribution in [3.63, 3.8) is 0 Å². The lowest BCUT2D eigenvalue weighted by atomic mass is 9.88. The molecule has 0 heterocycles. The van der Waals surface area contributed by atoms with Gasteiger partial charge in [0.15, 0.2) is 0 Å².